The van der Waals surface area contributed by atoms with Crippen molar-refractivity contribution in [2.45, 2.75) is 13.1 Å². The molecule has 0 aromatic heterocycles. The van der Waals surface area contributed by atoms with E-state index in [1.54, 1.807) is 17.0 Å². The molecule has 3 nitrogen and oxygen atoms in total. The highest BCUT2D eigenvalue weighted by atomic mass is 35.5. The molecule has 0 aliphatic carbocycles. The minimum absolute atomic E-state index is 0.0257. The van der Waals surface area contributed by atoms with Crippen molar-refractivity contribution in [3.05, 3.63) is 94.5 Å². The maximum Gasteiger partial charge on any atom is 0.262 e. The van der Waals surface area contributed by atoms with Crippen LogP contribution >= 0.6 is 11.6 Å². The third-order valence-electron chi connectivity index (χ3n) is 4.42. The molecule has 1 aliphatic rings. The molecule has 4 rings (SSSR count). The molecular formula is C21H17ClN2O. The van der Waals surface area contributed by atoms with Crippen LogP contribution in [0.4, 0.5) is 11.4 Å². The minimum atomic E-state index is -0.274. The van der Waals surface area contributed by atoms with Crippen molar-refractivity contribution < 1.29 is 4.79 Å². The molecule has 1 amide bonds. The van der Waals surface area contributed by atoms with Gasteiger partial charge in [0, 0.05) is 16.4 Å². The lowest BCUT2D eigenvalue weighted by Gasteiger charge is -2.38. The third-order valence-corrected chi connectivity index (χ3v) is 4.68. The van der Waals surface area contributed by atoms with E-state index in [2.05, 4.69) is 36.5 Å². The molecule has 0 spiro atoms. The van der Waals surface area contributed by atoms with Crippen molar-refractivity contribution in [1.29, 1.82) is 0 Å². The number of benzene rings is 3. The molecule has 4 heteroatoms. The molecule has 124 valence electrons. The van der Waals surface area contributed by atoms with Crippen LogP contribution in [0.25, 0.3) is 0 Å². The van der Waals surface area contributed by atoms with E-state index in [1.165, 1.54) is 5.56 Å². The van der Waals surface area contributed by atoms with Gasteiger partial charge >= 0.3 is 0 Å². The summed E-state index contributed by atoms with van der Waals surface area (Å²) < 4.78 is 0. The van der Waals surface area contributed by atoms with Crippen LogP contribution in [0.2, 0.25) is 5.02 Å². The molecule has 1 heterocycles. The van der Waals surface area contributed by atoms with Crippen molar-refractivity contribution in [3.8, 4) is 0 Å². The van der Waals surface area contributed by atoms with Crippen LogP contribution in [0, 0.1) is 6.92 Å². The van der Waals surface area contributed by atoms with E-state index in [4.69, 9.17) is 11.6 Å². The molecule has 1 atom stereocenters. The van der Waals surface area contributed by atoms with E-state index < -0.39 is 0 Å². The first-order valence-electron chi connectivity index (χ1n) is 8.15. The van der Waals surface area contributed by atoms with Crippen LogP contribution in [-0.2, 0) is 0 Å². The number of amides is 1. The molecular weight excluding hydrogens is 332 g/mol. The number of anilines is 2. The summed E-state index contributed by atoms with van der Waals surface area (Å²) >= 11 is 6.02. The molecule has 0 fully saturated rings. The number of aryl methyl sites for hydroxylation is 1. The Morgan fingerprint density at radius 2 is 1.60 bits per heavy atom. The van der Waals surface area contributed by atoms with Gasteiger partial charge in [-0.25, -0.2) is 0 Å². The Kier molecular flexibility index (Phi) is 3.94. The molecule has 3 aromatic rings. The Morgan fingerprint density at radius 3 is 2.32 bits per heavy atom. The van der Waals surface area contributed by atoms with Gasteiger partial charge in [-0.3, -0.25) is 9.69 Å². The predicted octanol–water partition coefficient (Wildman–Crippen LogP) is 5.42. The fourth-order valence-electron chi connectivity index (χ4n) is 3.10. The SMILES string of the molecule is Cc1ccc(C2Nc3ccccc3C(=O)N2c2ccc(Cl)cc2)cc1. The molecule has 1 unspecified atom stereocenters. The number of hydrogen-bond donors (Lipinski definition) is 1. The van der Waals surface area contributed by atoms with Crippen LogP contribution in [0.15, 0.2) is 72.8 Å². The van der Waals surface area contributed by atoms with Crippen molar-refractivity contribution in [1.82, 2.24) is 0 Å². The summed E-state index contributed by atoms with van der Waals surface area (Å²) in [5.41, 5.74) is 4.54. The lowest BCUT2D eigenvalue weighted by atomic mass is 10.0. The first-order chi connectivity index (χ1) is 12.1. The van der Waals surface area contributed by atoms with E-state index in [0.717, 1.165) is 16.9 Å². The molecule has 3 aromatic carbocycles. The predicted molar refractivity (Wildman–Crippen MR) is 102 cm³/mol. The quantitative estimate of drug-likeness (QED) is 0.670. The van der Waals surface area contributed by atoms with Gasteiger partial charge in [0.15, 0.2) is 0 Å². The van der Waals surface area contributed by atoms with Gasteiger partial charge in [-0.1, -0.05) is 53.6 Å². The number of nitrogens with one attached hydrogen (secondary N) is 1. The number of halogens is 1. The lowest BCUT2D eigenvalue weighted by Crippen LogP contribution is -2.43. The maximum atomic E-state index is 13.2. The smallest absolute Gasteiger partial charge is 0.262 e. The van der Waals surface area contributed by atoms with Crippen molar-refractivity contribution in [3.63, 3.8) is 0 Å². The number of carbonyl (C=O) groups is 1. The fraction of sp³-hybridized carbons (Fsp3) is 0.0952. The normalized spacial score (nSPS) is 16.3. The molecule has 0 saturated carbocycles. The Hall–Kier alpha value is -2.78. The van der Waals surface area contributed by atoms with Gasteiger partial charge in [0.05, 0.1) is 5.56 Å². The number of para-hydroxylation sites is 1. The van der Waals surface area contributed by atoms with Gasteiger partial charge < -0.3 is 5.32 Å². The monoisotopic (exact) mass is 348 g/mol. The maximum absolute atomic E-state index is 13.2. The van der Waals surface area contributed by atoms with Gasteiger partial charge in [-0.2, -0.15) is 0 Å². The second-order valence-electron chi connectivity index (χ2n) is 6.15. The van der Waals surface area contributed by atoms with Crippen molar-refractivity contribution in [2.75, 3.05) is 10.2 Å². The van der Waals surface area contributed by atoms with Crippen LogP contribution in [0.5, 0.6) is 0 Å². The van der Waals surface area contributed by atoms with Gasteiger partial charge in [-0.05, 0) is 48.9 Å². The fourth-order valence-corrected chi connectivity index (χ4v) is 3.23. The summed E-state index contributed by atoms with van der Waals surface area (Å²) in [4.78, 5) is 15.0. The highest BCUT2D eigenvalue weighted by Crippen LogP contribution is 2.36. The number of rotatable bonds is 2. The minimum Gasteiger partial charge on any atom is -0.360 e. The number of nitrogens with zero attached hydrogens (tertiary/aromatic N) is 1. The zero-order chi connectivity index (χ0) is 17.4. The summed E-state index contributed by atoms with van der Waals surface area (Å²) in [5.74, 6) is -0.0257. The zero-order valence-electron chi connectivity index (χ0n) is 13.7. The number of carbonyl (C=O) groups excluding carboxylic acids is 1. The zero-order valence-corrected chi connectivity index (χ0v) is 14.5. The molecule has 0 bridgehead atoms. The molecule has 0 saturated heterocycles. The highest BCUT2D eigenvalue weighted by Gasteiger charge is 2.33. The van der Waals surface area contributed by atoms with Crippen LogP contribution in [-0.4, -0.2) is 5.91 Å². The van der Waals surface area contributed by atoms with Gasteiger partial charge in [-0.15, -0.1) is 0 Å². The summed E-state index contributed by atoms with van der Waals surface area (Å²) in [5, 5.41) is 4.15. The summed E-state index contributed by atoms with van der Waals surface area (Å²) in [6, 6.07) is 23.2. The second-order valence-corrected chi connectivity index (χ2v) is 6.59. The number of hydrogen-bond acceptors (Lipinski definition) is 2. The molecule has 25 heavy (non-hydrogen) atoms. The Balaban J connectivity index is 1.85. The first kappa shape index (κ1) is 15.7. The van der Waals surface area contributed by atoms with Gasteiger partial charge in [0.2, 0.25) is 0 Å². The Morgan fingerprint density at radius 1 is 0.920 bits per heavy atom. The largest absolute Gasteiger partial charge is 0.360 e. The molecule has 1 aliphatic heterocycles. The molecule has 0 radical (unpaired) electrons. The van der Waals surface area contributed by atoms with Gasteiger partial charge in [0.25, 0.3) is 5.91 Å². The van der Waals surface area contributed by atoms with Gasteiger partial charge in [0.1, 0.15) is 6.17 Å². The van der Waals surface area contributed by atoms with Crippen LogP contribution < -0.4 is 10.2 Å². The number of fused-ring (bicyclic) bond motifs is 1. The molecule has 1 N–H and O–H groups in total. The average molecular weight is 349 g/mol. The van der Waals surface area contributed by atoms with E-state index >= 15 is 0 Å². The Bertz CT molecular complexity index is 919. The van der Waals surface area contributed by atoms with E-state index in [1.807, 2.05) is 36.4 Å². The van der Waals surface area contributed by atoms with Crippen LogP contribution in [0.1, 0.15) is 27.7 Å². The third kappa shape index (κ3) is 2.87. The summed E-state index contributed by atoms with van der Waals surface area (Å²) in [7, 11) is 0. The van der Waals surface area contributed by atoms with E-state index in [9.17, 15) is 4.79 Å². The van der Waals surface area contributed by atoms with Crippen molar-refractivity contribution >= 4 is 28.9 Å². The van der Waals surface area contributed by atoms with Crippen LogP contribution in [0.3, 0.4) is 0 Å². The Labute approximate surface area is 151 Å². The standard InChI is InChI=1S/C21H17ClN2O/c1-14-6-8-15(9-7-14)20-23-19-5-3-2-4-18(19)21(25)24(20)17-12-10-16(22)11-13-17/h2-13,20,23H,1H3. The second kappa shape index (κ2) is 6.26. The average Bonchev–Trinajstić information content (AvgIpc) is 2.63. The van der Waals surface area contributed by atoms with E-state index in [-0.39, 0.29) is 12.1 Å². The lowest BCUT2D eigenvalue weighted by molar-refractivity contribution is 0.0975. The van der Waals surface area contributed by atoms with Crippen molar-refractivity contribution in [2.24, 2.45) is 0 Å². The van der Waals surface area contributed by atoms with E-state index in [0.29, 0.717) is 10.6 Å². The highest BCUT2D eigenvalue weighted by molar-refractivity contribution is 6.30. The first-order valence-corrected chi connectivity index (χ1v) is 8.52. The topological polar surface area (TPSA) is 32.3 Å². The summed E-state index contributed by atoms with van der Waals surface area (Å²) in [6.45, 7) is 2.05. The summed E-state index contributed by atoms with van der Waals surface area (Å²) in [6.07, 6.45) is -0.274.